The lowest BCUT2D eigenvalue weighted by Crippen LogP contribution is -2.46. The molecule has 0 atom stereocenters. The molecule has 0 bridgehead atoms. The number of hydrogen-bond acceptors (Lipinski definition) is 2. The summed E-state index contributed by atoms with van der Waals surface area (Å²) in [4.78, 5) is -0.615. The van der Waals surface area contributed by atoms with Gasteiger partial charge in [0, 0.05) is 6.07 Å². The van der Waals surface area contributed by atoms with E-state index in [1.807, 2.05) is 0 Å². The summed E-state index contributed by atoms with van der Waals surface area (Å²) in [5.41, 5.74) is -1.07. The van der Waals surface area contributed by atoms with Gasteiger partial charge in [0.2, 0.25) is 10.0 Å². The molecule has 0 radical (unpaired) electrons. The number of terminal acetylenes is 1. The van der Waals surface area contributed by atoms with Crippen molar-refractivity contribution in [1.82, 2.24) is 4.72 Å². The highest BCUT2D eigenvalue weighted by Crippen LogP contribution is 2.21. The average Bonchev–Trinajstić information content (AvgIpc) is 2.35. The molecule has 0 fully saturated rings. The summed E-state index contributed by atoms with van der Waals surface area (Å²) >= 11 is 0. The van der Waals surface area contributed by atoms with Crippen LogP contribution in [0.4, 0.5) is 8.78 Å². The monoisotopic (exact) mass is 287 g/mol. The smallest absolute Gasteiger partial charge is 0.207 e. The van der Waals surface area contributed by atoms with Crippen LogP contribution in [0, 0.1) is 24.0 Å². The Bertz CT molecular complexity index is 602. The van der Waals surface area contributed by atoms with Crippen LogP contribution in [0.15, 0.2) is 23.1 Å². The van der Waals surface area contributed by atoms with E-state index in [2.05, 4.69) is 10.6 Å². The van der Waals surface area contributed by atoms with E-state index in [-0.39, 0.29) is 0 Å². The molecule has 0 amide bonds. The second kappa shape index (κ2) is 5.68. The van der Waals surface area contributed by atoms with Gasteiger partial charge in [0.15, 0.2) is 0 Å². The minimum Gasteiger partial charge on any atom is -0.207 e. The lowest BCUT2D eigenvalue weighted by molar-refractivity contribution is 0.448. The lowest BCUT2D eigenvalue weighted by atomic mass is 9.96. The molecule has 1 rings (SSSR count). The number of benzene rings is 1. The fourth-order valence-electron chi connectivity index (χ4n) is 1.63. The Balaban J connectivity index is 3.22. The summed E-state index contributed by atoms with van der Waals surface area (Å²) in [5.74, 6) is 0.395. The maximum atomic E-state index is 13.5. The Morgan fingerprint density at radius 1 is 1.32 bits per heavy atom. The molecule has 104 valence electrons. The van der Waals surface area contributed by atoms with Gasteiger partial charge in [-0.15, -0.1) is 6.42 Å². The zero-order valence-electron chi connectivity index (χ0n) is 10.7. The average molecular weight is 287 g/mol. The van der Waals surface area contributed by atoms with E-state index in [1.165, 1.54) is 0 Å². The largest absolute Gasteiger partial charge is 0.244 e. The van der Waals surface area contributed by atoms with Crippen LogP contribution < -0.4 is 4.72 Å². The van der Waals surface area contributed by atoms with Crippen LogP contribution in [0.5, 0.6) is 0 Å². The number of hydrogen-bond donors (Lipinski definition) is 1. The highest BCUT2D eigenvalue weighted by atomic mass is 32.2. The maximum Gasteiger partial charge on any atom is 0.244 e. The lowest BCUT2D eigenvalue weighted by Gasteiger charge is -2.26. The van der Waals surface area contributed by atoms with Crippen LogP contribution in [0.3, 0.4) is 0 Å². The summed E-state index contributed by atoms with van der Waals surface area (Å²) in [6.07, 6.45) is 6.07. The van der Waals surface area contributed by atoms with Gasteiger partial charge in [-0.05, 0) is 25.0 Å². The van der Waals surface area contributed by atoms with Gasteiger partial charge in [-0.1, -0.05) is 19.8 Å². The third kappa shape index (κ3) is 3.31. The fraction of sp³-hybridized carbons (Fsp3) is 0.385. The summed E-state index contributed by atoms with van der Waals surface area (Å²) < 4.78 is 52.8. The van der Waals surface area contributed by atoms with Crippen LogP contribution in [-0.2, 0) is 10.0 Å². The van der Waals surface area contributed by atoms with Crippen molar-refractivity contribution in [2.75, 3.05) is 0 Å². The maximum absolute atomic E-state index is 13.5. The molecule has 0 unspecified atom stereocenters. The highest BCUT2D eigenvalue weighted by Gasteiger charge is 2.31. The van der Waals surface area contributed by atoms with Gasteiger partial charge >= 0.3 is 0 Å². The Kier molecular flexibility index (Phi) is 4.66. The van der Waals surface area contributed by atoms with Crippen molar-refractivity contribution < 1.29 is 17.2 Å². The van der Waals surface area contributed by atoms with Gasteiger partial charge in [0.05, 0.1) is 5.54 Å². The molecule has 0 heterocycles. The fourth-order valence-corrected chi connectivity index (χ4v) is 3.17. The molecule has 19 heavy (non-hydrogen) atoms. The molecule has 0 saturated carbocycles. The van der Waals surface area contributed by atoms with Crippen molar-refractivity contribution >= 4 is 10.0 Å². The van der Waals surface area contributed by atoms with Crippen LogP contribution >= 0.6 is 0 Å². The normalized spacial score (nSPS) is 12.2. The van der Waals surface area contributed by atoms with Gasteiger partial charge in [-0.3, -0.25) is 0 Å². The predicted molar refractivity (Wildman–Crippen MR) is 68.8 cm³/mol. The van der Waals surface area contributed by atoms with E-state index in [4.69, 9.17) is 6.42 Å². The van der Waals surface area contributed by atoms with Crippen molar-refractivity contribution in [3.8, 4) is 12.3 Å². The minimum atomic E-state index is -4.14. The number of nitrogens with one attached hydrogen (secondary N) is 1. The zero-order valence-corrected chi connectivity index (χ0v) is 11.5. The second-order valence-corrected chi connectivity index (χ2v) is 5.76. The Morgan fingerprint density at radius 3 is 2.32 bits per heavy atom. The second-order valence-electron chi connectivity index (χ2n) is 4.11. The first kappa shape index (κ1) is 15.6. The van der Waals surface area contributed by atoms with E-state index < -0.39 is 32.1 Å². The molecule has 1 N–H and O–H groups in total. The van der Waals surface area contributed by atoms with Gasteiger partial charge in [-0.2, -0.15) is 4.72 Å². The van der Waals surface area contributed by atoms with Crippen molar-refractivity contribution in [3.05, 3.63) is 29.8 Å². The SMILES string of the molecule is C#CC(CC)(CC)NS(=O)(=O)c1ccc(F)cc1F. The minimum absolute atomic E-state index is 0.363. The van der Waals surface area contributed by atoms with Crippen molar-refractivity contribution in [2.45, 2.75) is 37.1 Å². The topological polar surface area (TPSA) is 46.2 Å². The summed E-state index contributed by atoms with van der Waals surface area (Å²) in [7, 11) is -4.14. The van der Waals surface area contributed by atoms with Gasteiger partial charge in [0.1, 0.15) is 16.5 Å². The predicted octanol–water partition coefficient (Wildman–Crippen LogP) is 2.44. The van der Waals surface area contributed by atoms with Crippen LogP contribution in [-0.4, -0.2) is 14.0 Å². The van der Waals surface area contributed by atoms with Crippen LogP contribution in [0.25, 0.3) is 0 Å². The summed E-state index contributed by atoms with van der Waals surface area (Å²) in [6.45, 7) is 3.46. The molecule has 3 nitrogen and oxygen atoms in total. The zero-order chi connectivity index (χ0) is 14.7. The van der Waals surface area contributed by atoms with Crippen molar-refractivity contribution in [2.24, 2.45) is 0 Å². The third-order valence-corrected chi connectivity index (χ3v) is 4.57. The molecule has 0 aliphatic heterocycles. The van der Waals surface area contributed by atoms with Gasteiger partial charge in [-0.25, -0.2) is 17.2 Å². The first-order valence-electron chi connectivity index (χ1n) is 5.77. The Labute approximate surface area is 112 Å². The van der Waals surface area contributed by atoms with Crippen LogP contribution in [0.1, 0.15) is 26.7 Å². The molecule has 6 heteroatoms. The van der Waals surface area contributed by atoms with Gasteiger partial charge < -0.3 is 0 Å². The highest BCUT2D eigenvalue weighted by molar-refractivity contribution is 7.89. The van der Waals surface area contributed by atoms with E-state index in [9.17, 15) is 17.2 Å². The van der Waals surface area contributed by atoms with Crippen molar-refractivity contribution in [3.63, 3.8) is 0 Å². The summed E-state index contributed by atoms with van der Waals surface area (Å²) in [5, 5.41) is 0. The van der Waals surface area contributed by atoms with E-state index in [1.54, 1.807) is 13.8 Å². The van der Waals surface area contributed by atoms with E-state index >= 15 is 0 Å². The molecule has 0 aromatic heterocycles. The summed E-state index contributed by atoms with van der Waals surface area (Å²) in [6, 6.07) is 2.27. The molecule has 0 spiro atoms. The molecule has 0 aliphatic carbocycles. The third-order valence-electron chi connectivity index (χ3n) is 3.00. The van der Waals surface area contributed by atoms with Crippen LogP contribution in [0.2, 0.25) is 0 Å². The number of sulfonamides is 1. The van der Waals surface area contributed by atoms with Gasteiger partial charge in [0.25, 0.3) is 0 Å². The van der Waals surface area contributed by atoms with E-state index in [0.29, 0.717) is 18.9 Å². The first-order valence-corrected chi connectivity index (χ1v) is 7.25. The van der Waals surface area contributed by atoms with E-state index in [0.717, 1.165) is 12.1 Å². The quantitative estimate of drug-likeness (QED) is 0.845. The first-order chi connectivity index (χ1) is 8.80. The Hall–Kier alpha value is -1.45. The standard InChI is InChI=1S/C13H15F2NO2S/c1-4-13(5-2,6-3)16-19(17,18)12-8-7-10(14)9-11(12)15/h1,7-9,16H,5-6H2,2-3H3. The van der Waals surface area contributed by atoms with Crippen molar-refractivity contribution in [1.29, 1.82) is 0 Å². The molecule has 0 aliphatic rings. The molecule has 1 aromatic carbocycles. The molecule has 1 aromatic rings. The Morgan fingerprint density at radius 2 is 1.89 bits per heavy atom. The molecule has 0 saturated heterocycles. The molecular formula is C13H15F2NO2S. The number of halogens is 2. The molecular weight excluding hydrogens is 272 g/mol. The number of rotatable bonds is 5.